The summed E-state index contributed by atoms with van der Waals surface area (Å²) in [4.78, 5) is 5.18. The molecule has 0 aliphatic carbocycles. The minimum atomic E-state index is 0.757. The summed E-state index contributed by atoms with van der Waals surface area (Å²) in [6.07, 6.45) is 1.32. The molecule has 2 rings (SSSR count). The molecule has 0 saturated carbocycles. The SMILES string of the molecule is CCOCCNCCN1CCC(N2CCOCC2)C1. The van der Waals surface area contributed by atoms with Gasteiger partial charge in [0.2, 0.25) is 0 Å². The minimum absolute atomic E-state index is 0.757. The van der Waals surface area contributed by atoms with Crippen LogP contribution in [0.15, 0.2) is 0 Å². The van der Waals surface area contributed by atoms with Crippen LogP contribution in [0.1, 0.15) is 13.3 Å². The Morgan fingerprint density at radius 1 is 1.21 bits per heavy atom. The van der Waals surface area contributed by atoms with Gasteiger partial charge in [-0.25, -0.2) is 0 Å². The molecule has 2 aliphatic heterocycles. The van der Waals surface area contributed by atoms with E-state index in [4.69, 9.17) is 9.47 Å². The Balaban J connectivity index is 1.52. The Morgan fingerprint density at radius 3 is 2.84 bits per heavy atom. The predicted molar refractivity (Wildman–Crippen MR) is 76.6 cm³/mol. The summed E-state index contributed by atoms with van der Waals surface area (Å²) in [6, 6.07) is 0.757. The highest BCUT2D eigenvalue weighted by Crippen LogP contribution is 2.16. The Bertz CT molecular complexity index is 235. The molecule has 2 aliphatic rings. The van der Waals surface area contributed by atoms with E-state index in [-0.39, 0.29) is 0 Å². The molecule has 0 aromatic heterocycles. The molecule has 0 radical (unpaired) electrons. The summed E-state index contributed by atoms with van der Waals surface area (Å²) < 4.78 is 10.7. The van der Waals surface area contributed by atoms with E-state index in [0.29, 0.717) is 0 Å². The van der Waals surface area contributed by atoms with Gasteiger partial charge in [0, 0.05) is 51.9 Å². The van der Waals surface area contributed by atoms with E-state index in [1.807, 2.05) is 6.92 Å². The van der Waals surface area contributed by atoms with Gasteiger partial charge in [0.25, 0.3) is 0 Å². The highest BCUT2D eigenvalue weighted by atomic mass is 16.5. The van der Waals surface area contributed by atoms with Crippen molar-refractivity contribution in [3.63, 3.8) is 0 Å². The first-order chi connectivity index (χ1) is 9.40. The second-order valence-electron chi connectivity index (χ2n) is 5.34. The first kappa shape index (κ1) is 15.2. The average molecular weight is 271 g/mol. The van der Waals surface area contributed by atoms with Gasteiger partial charge in [0.05, 0.1) is 19.8 Å². The van der Waals surface area contributed by atoms with Crippen molar-refractivity contribution < 1.29 is 9.47 Å². The summed E-state index contributed by atoms with van der Waals surface area (Å²) in [5.74, 6) is 0. The predicted octanol–water partition coefficient (Wildman–Crippen LogP) is 0.0190. The zero-order chi connectivity index (χ0) is 13.3. The molecule has 0 aromatic carbocycles. The van der Waals surface area contributed by atoms with Crippen molar-refractivity contribution in [1.82, 2.24) is 15.1 Å². The monoisotopic (exact) mass is 271 g/mol. The summed E-state index contributed by atoms with van der Waals surface area (Å²) >= 11 is 0. The zero-order valence-electron chi connectivity index (χ0n) is 12.3. The lowest BCUT2D eigenvalue weighted by molar-refractivity contribution is 0.0185. The smallest absolute Gasteiger partial charge is 0.0594 e. The molecule has 2 heterocycles. The highest BCUT2D eigenvalue weighted by Gasteiger charge is 2.28. The number of hydrogen-bond donors (Lipinski definition) is 1. The average Bonchev–Trinajstić information content (AvgIpc) is 2.92. The summed E-state index contributed by atoms with van der Waals surface area (Å²) in [7, 11) is 0. The summed E-state index contributed by atoms with van der Waals surface area (Å²) in [6.45, 7) is 13.4. The van der Waals surface area contributed by atoms with E-state index >= 15 is 0 Å². The molecule has 0 amide bonds. The fraction of sp³-hybridized carbons (Fsp3) is 1.00. The molecule has 1 N–H and O–H groups in total. The van der Waals surface area contributed by atoms with Crippen molar-refractivity contribution in [2.75, 3.05) is 72.2 Å². The summed E-state index contributed by atoms with van der Waals surface area (Å²) in [5.41, 5.74) is 0. The van der Waals surface area contributed by atoms with Crippen LogP contribution in [-0.2, 0) is 9.47 Å². The Labute approximate surface area is 117 Å². The lowest BCUT2D eigenvalue weighted by Crippen LogP contribution is -2.45. The third kappa shape index (κ3) is 5.36. The highest BCUT2D eigenvalue weighted by molar-refractivity contribution is 4.84. The van der Waals surface area contributed by atoms with Crippen molar-refractivity contribution in [1.29, 1.82) is 0 Å². The van der Waals surface area contributed by atoms with Gasteiger partial charge in [-0.3, -0.25) is 4.90 Å². The van der Waals surface area contributed by atoms with Gasteiger partial charge in [-0.1, -0.05) is 0 Å². The van der Waals surface area contributed by atoms with Crippen molar-refractivity contribution in [2.24, 2.45) is 0 Å². The zero-order valence-corrected chi connectivity index (χ0v) is 12.3. The molecular weight excluding hydrogens is 242 g/mol. The van der Waals surface area contributed by atoms with Crippen molar-refractivity contribution in [3.05, 3.63) is 0 Å². The third-order valence-electron chi connectivity index (χ3n) is 4.04. The van der Waals surface area contributed by atoms with Crippen LogP contribution >= 0.6 is 0 Å². The topological polar surface area (TPSA) is 37.0 Å². The van der Waals surface area contributed by atoms with Gasteiger partial charge in [-0.15, -0.1) is 0 Å². The number of morpholine rings is 1. The number of nitrogens with zero attached hydrogens (tertiary/aromatic N) is 2. The molecule has 1 unspecified atom stereocenters. The van der Waals surface area contributed by atoms with Gasteiger partial charge >= 0.3 is 0 Å². The van der Waals surface area contributed by atoms with Crippen LogP contribution in [0, 0.1) is 0 Å². The summed E-state index contributed by atoms with van der Waals surface area (Å²) in [5, 5.41) is 3.44. The van der Waals surface area contributed by atoms with Gasteiger partial charge < -0.3 is 19.7 Å². The molecule has 2 fully saturated rings. The number of rotatable bonds is 8. The van der Waals surface area contributed by atoms with Crippen molar-refractivity contribution >= 4 is 0 Å². The number of hydrogen-bond acceptors (Lipinski definition) is 5. The molecule has 19 heavy (non-hydrogen) atoms. The lowest BCUT2D eigenvalue weighted by Gasteiger charge is -2.32. The molecule has 112 valence electrons. The largest absolute Gasteiger partial charge is 0.380 e. The van der Waals surface area contributed by atoms with Crippen molar-refractivity contribution in [2.45, 2.75) is 19.4 Å². The van der Waals surface area contributed by atoms with E-state index in [2.05, 4.69) is 15.1 Å². The van der Waals surface area contributed by atoms with Gasteiger partial charge in [0.15, 0.2) is 0 Å². The van der Waals surface area contributed by atoms with E-state index in [1.54, 1.807) is 0 Å². The van der Waals surface area contributed by atoms with E-state index in [9.17, 15) is 0 Å². The maximum absolute atomic E-state index is 5.42. The van der Waals surface area contributed by atoms with Gasteiger partial charge in [0.1, 0.15) is 0 Å². The Kier molecular flexibility index (Phi) is 7.09. The Hall–Kier alpha value is -0.200. The van der Waals surface area contributed by atoms with Crippen LogP contribution in [0.4, 0.5) is 0 Å². The molecule has 0 aromatic rings. The van der Waals surface area contributed by atoms with Gasteiger partial charge in [-0.05, 0) is 19.9 Å². The second kappa shape index (κ2) is 8.87. The quantitative estimate of drug-likeness (QED) is 0.630. The van der Waals surface area contributed by atoms with Gasteiger partial charge in [-0.2, -0.15) is 0 Å². The first-order valence-corrected chi connectivity index (χ1v) is 7.72. The van der Waals surface area contributed by atoms with Crippen LogP contribution in [0.2, 0.25) is 0 Å². The maximum Gasteiger partial charge on any atom is 0.0594 e. The maximum atomic E-state index is 5.42. The van der Waals surface area contributed by atoms with Crippen LogP contribution in [-0.4, -0.2) is 88.1 Å². The Morgan fingerprint density at radius 2 is 2.05 bits per heavy atom. The molecule has 5 heteroatoms. The van der Waals surface area contributed by atoms with Crippen LogP contribution in [0.3, 0.4) is 0 Å². The van der Waals surface area contributed by atoms with Crippen LogP contribution < -0.4 is 5.32 Å². The minimum Gasteiger partial charge on any atom is -0.380 e. The second-order valence-corrected chi connectivity index (χ2v) is 5.34. The molecule has 5 nitrogen and oxygen atoms in total. The number of nitrogens with one attached hydrogen (secondary N) is 1. The van der Waals surface area contributed by atoms with Crippen LogP contribution in [0.25, 0.3) is 0 Å². The standard InChI is InChI=1S/C14H29N3O2/c1-2-18-10-5-15-4-7-16-6-3-14(13-16)17-8-11-19-12-9-17/h14-15H,2-13H2,1H3. The number of likely N-dealkylation sites (tertiary alicyclic amines) is 1. The molecule has 0 bridgehead atoms. The molecule has 0 spiro atoms. The fourth-order valence-electron chi connectivity index (χ4n) is 2.91. The van der Waals surface area contributed by atoms with E-state index in [0.717, 1.165) is 65.2 Å². The first-order valence-electron chi connectivity index (χ1n) is 7.72. The number of ether oxygens (including phenoxy) is 2. The lowest BCUT2D eigenvalue weighted by atomic mass is 10.2. The van der Waals surface area contributed by atoms with E-state index in [1.165, 1.54) is 19.5 Å². The van der Waals surface area contributed by atoms with Crippen molar-refractivity contribution in [3.8, 4) is 0 Å². The molecule has 2 saturated heterocycles. The normalized spacial score (nSPS) is 26.1. The third-order valence-corrected chi connectivity index (χ3v) is 4.04. The molecular formula is C14H29N3O2. The fourth-order valence-corrected chi connectivity index (χ4v) is 2.91. The molecule has 1 atom stereocenters. The van der Waals surface area contributed by atoms with E-state index < -0.39 is 0 Å². The van der Waals surface area contributed by atoms with Crippen LogP contribution in [0.5, 0.6) is 0 Å².